The van der Waals surface area contributed by atoms with Gasteiger partial charge in [0.1, 0.15) is 11.9 Å². The van der Waals surface area contributed by atoms with Crippen molar-refractivity contribution in [2.45, 2.75) is 71.9 Å². The molecule has 44 heavy (non-hydrogen) atoms. The number of aromatic amines is 1. The van der Waals surface area contributed by atoms with Gasteiger partial charge in [-0.25, -0.2) is 0 Å². The average Bonchev–Trinajstić information content (AvgIpc) is 3.32. The molecule has 236 valence electrons. The predicted molar refractivity (Wildman–Crippen MR) is 169 cm³/mol. The standard InChI is InChI=1S/C32H42N6O6/c1-16(2)13-24(31(41)36-32-35-30(17(3)4)37-38-32)34-23-12-10-20-21(15-25(23)40)22(33-18(5)39)11-9-19-14-26(42-6)28(43-7)29(44-8)27(19)20/h10,12,14-17,22,24H,9,11,13H2,1-8H3,(H,33,39)(H,34,40)(H2,35,36,37,38,41). The summed E-state index contributed by atoms with van der Waals surface area (Å²) in [4.78, 5) is 43.8. The highest BCUT2D eigenvalue weighted by molar-refractivity contribution is 5.95. The first-order valence-corrected chi connectivity index (χ1v) is 14.7. The smallest absolute Gasteiger partial charge is 0.249 e. The average molecular weight is 607 g/mol. The van der Waals surface area contributed by atoms with E-state index < -0.39 is 12.1 Å². The molecule has 0 saturated heterocycles. The number of hydrogen-bond donors (Lipinski definition) is 4. The molecule has 1 aliphatic rings. The summed E-state index contributed by atoms with van der Waals surface area (Å²) in [5.41, 5.74) is 2.91. The van der Waals surface area contributed by atoms with E-state index in [1.807, 2.05) is 39.8 Å². The highest BCUT2D eigenvalue weighted by atomic mass is 16.5. The van der Waals surface area contributed by atoms with E-state index in [0.717, 1.165) is 11.1 Å². The van der Waals surface area contributed by atoms with Crippen molar-refractivity contribution in [3.05, 3.63) is 51.4 Å². The van der Waals surface area contributed by atoms with Gasteiger partial charge < -0.3 is 24.8 Å². The Morgan fingerprint density at radius 3 is 2.36 bits per heavy atom. The third kappa shape index (κ3) is 6.95. The van der Waals surface area contributed by atoms with Crippen LogP contribution in [-0.2, 0) is 16.0 Å². The fraction of sp³-hybridized carbons (Fsp3) is 0.469. The van der Waals surface area contributed by atoms with Crippen LogP contribution in [0.4, 0.5) is 11.6 Å². The maximum Gasteiger partial charge on any atom is 0.249 e. The number of carbonyl (C=O) groups is 2. The molecule has 0 bridgehead atoms. The molecule has 0 spiro atoms. The SMILES string of the molecule is COc1cc2c(c(OC)c1OC)-c1ccc(NC(CC(C)C)C(=O)Nc3n[nH]c(C(C)C)n3)c(=O)cc1C(NC(C)=O)CC2. The number of ether oxygens (including phenoxy) is 3. The summed E-state index contributed by atoms with van der Waals surface area (Å²) in [6.45, 7) is 9.39. The van der Waals surface area contributed by atoms with E-state index in [2.05, 4.69) is 31.1 Å². The minimum atomic E-state index is -0.747. The van der Waals surface area contributed by atoms with Gasteiger partial charge in [0.2, 0.25) is 28.9 Å². The fourth-order valence-electron chi connectivity index (χ4n) is 5.50. The van der Waals surface area contributed by atoms with Crippen molar-refractivity contribution in [2.75, 3.05) is 32.0 Å². The van der Waals surface area contributed by atoms with E-state index in [-0.39, 0.29) is 40.7 Å². The lowest BCUT2D eigenvalue weighted by Crippen LogP contribution is -2.37. The molecule has 3 aromatic rings. The molecule has 12 nitrogen and oxygen atoms in total. The highest BCUT2D eigenvalue weighted by Gasteiger charge is 2.30. The fourth-order valence-corrected chi connectivity index (χ4v) is 5.50. The van der Waals surface area contributed by atoms with Crippen LogP contribution in [0.1, 0.15) is 76.4 Å². The van der Waals surface area contributed by atoms with Crippen LogP contribution in [0.15, 0.2) is 29.1 Å². The van der Waals surface area contributed by atoms with Gasteiger partial charge >= 0.3 is 0 Å². The number of hydrogen-bond acceptors (Lipinski definition) is 9. The van der Waals surface area contributed by atoms with E-state index in [0.29, 0.717) is 53.5 Å². The molecule has 0 radical (unpaired) electrons. The second-order valence-electron chi connectivity index (χ2n) is 11.6. The first kappa shape index (κ1) is 32.3. The van der Waals surface area contributed by atoms with Crippen LogP contribution in [0.2, 0.25) is 0 Å². The van der Waals surface area contributed by atoms with Gasteiger partial charge in [-0.1, -0.05) is 33.8 Å². The predicted octanol–water partition coefficient (Wildman–Crippen LogP) is 4.57. The van der Waals surface area contributed by atoms with Crippen LogP contribution in [0.3, 0.4) is 0 Å². The van der Waals surface area contributed by atoms with Crippen molar-refractivity contribution in [1.82, 2.24) is 20.5 Å². The van der Waals surface area contributed by atoms with Crippen molar-refractivity contribution in [3.63, 3.8) is 0 Å². The van der Waals surface area contributed by atoms with Crippen LogP contribution in [0.25, 0.3) is 11.1 Å². The van der Waals surface area contributed by atoms with Gasteiger partial charge in [0, 0.05) is 18.4 Å². The molecule has 2 atom stereocenters. The van der Waals surface area contributed by atoms with Gasteiger partial charge in [-0.05, 0) is 60.1 Å². The van der Waals surface area contributed by atoms with E-state index in [4.69, 9.17) is 14.2 Å². The lowest BCUT2D eigenvalue weighted by molar-refractivity contribution is -0.120. The summed E-state index contributed by atoms with van der Waals surface area (Å²) >= 11 is 0. The Hall–Kier alpha value is -4.61. The summed E-state index contributed by atoms with van der Waals surface area (Å²) in [5, 5.41) is 15.9. The third-order valence-corrected chi connectivity index (χ3v) is 7.55. The lowest BCUT2D eigenvalue weighted by atomic mass is 9.95. The van der Waals surface area contributed by atoms with Gasteiger partial charge in [-0.15, -0.1) is 5.10 Å². The number of nitrogens with one attached hydrogen (secondary N) is 4. The molecule has 1 heterocycles. The topological polar surface area (TPSA) is 157 Å². The maximum atomic E-state index is 13.8. The number of fused-ring (bicyclic) bond motifs is 3. The Morgan fingerprint density at radius 1 is 1.05 bits per heavy atom. The molecule has 12 heteroatoms. The van der Waals surface area contributed by atoms with Crippen LogP contribution in [-0.4, -0.2) is 54.4 Å². The van der Waals surface area contributed by atoms with Crippen molar-refractivity contribution in [2.24, 2.45) is 5.92 Å². The van der Waals surface area contributed by atoms with E-state index in [1.165, 1.54) is 20.1 Å². The molecule has 2 unspecified atom stereocenters. The van der Waals surface area contributed by atoms with Crippen molar-refractivity contribution < 1.29 is 23.8 Å². The van der Waals surface area contributed by atoms with Crippen molar-refractivity contribution in [1.29, 1.82) is 0 Å². The number of carbonyl (C=O) groups excluding carboxylic acids is 2. The first-order chi connectivity index (χ1) is 21.0. The van der Waals surface area contributed by atoms with Crippen LogP contribution < -0.4 is 35.6 Å². The number of nitrogens with zero attached hydrogens (tertiary/aromatic N) is 2. The van der Waals surface area contributed by atoms with Crippen molar-refractivity contribution in [3.8, 4) is 28.4 Å². The number of H-pyrrole nitrogens is 1. The molecule has 2 amide bonds. The Kier molecular flexibility index (Phi) is 10.1. The summed E-state index contributed by atoms with van der Waals surface area (Å²) in [6.07, 6.45) is 1.58. The Balaban J connectivity index is 1.82. The zero-order valence-electron chi connectivity index (χ0n) is 26.6. The van der Waals surface area contributed by atoms with Gasteiger partial charge in [0.25, 0.3) is 0 Å². The summed E-state index contributed by atoms with van der Waals surface area (Å²) in [6, 6.07) is 5.72. The summed E-state index contributed by atoms with van der Waals surface area (Å²) < 4.78 is 17.1. The zero-order chi connectivity index (χ0) is 32.1. The maximum absolute atomic E-state index is 13.8. The minimum absolute atomic E-state index is 0.117. The number of benzene rings is 1. The lowest BCUT2D eigenvalue weighted by Gasteiger charge is -2.20. The van der Waals surface area contributed by atoms with Crippen LogP contribution in [0, 0.1) is 5.92 Å². The van der Waals surface area contributed by atoms with Crippen LogP contribution in [0.5, 0.6) is 17.2 Å². The van der Waals surface area contributed by atoms with Crippen molar-refractivity contribution >= 4 is 23.5 Å². The van der Waals surface area contributed by atoms with Gasteiger partial charge in [-0.2, -0.15) is 4.98 Å². The molecule has 0 fully saturated rings. The third-order valence-electron chi connectivity index (χ3n) is 7.55. The molecule has 0 aliphatic heterocycles. The van der Waals surface area contributed by atoms with E-state index in [9.17, 15) is 14.4 Å². The second-order valence-corrected chi connectivity index (χ2v) is 11.6. The number of rotatable bonds is 11. The number of aromatic nitrogens is 3. The molecule has 1 aromatic heterocycles. The number of aryl methyl sites for hydroxylation is 1. The largest absolute Gasteiger partial charge is 0.493 e. The molecule has 1 aliphatic carbocycles. The molecule has 4 N–H and O–H groups in total. The molecule has 4 rings (SSSR count). The summed E-state index contributed by atoms with van der Waals surface area (Å²) in [5.74, 6) is 1.92. The molecular formula is C32H42N6O6. The second kappa shape index (κ2) is 13.8. The van der Waals surface area contributed by atoms with Crippen LogP contribution >= 0.6 is 0 Å². The summed E-state index contributed by atoms with van der Waals surface area (Å²) in [7, 11) is 4.65. The zero-order valence-corrected chi connectivity index (χ0v) is 26.6. The Morgan fingerprint density at radius 2 is 1.77 bits per heavy atom. The quantitative estimate of drug-likeness (QED) is 0.245. The first-order valence-electron chi connectivity index (χ1n) is 14.7. The van der Waals surface area contributed by atoms with Gasteiger partial charge in [0.05, 0.1) is 33.1 Å². The normalized spacial score (nSPS) is 14.6. The molecule has 2 aromatic carbocycles. The monoisotopic (exact) mass is 606 g/mol. The van der Waals surface area contributed by atoms with E-state index >= 15 is 0 Å². The minimum Gasteiger partial charge on any atom is -0.493 e. The molecular weight excluding hydrogens is 564 g/mol. The Labute approximate surface area is 257 Å². The number of methoxy groups -OCH3 is 3. The van der Waals surface area contributed by atoms with E-state index in [1.54, 1.807) is 20.3 Å². The van der Waals surface area contributed by atoms with Gasteiger partial charge in [-0.3, -0.25) is 24.8 Å². The Bertz CT molecular complexity index is 1580. The highest BCUT2D eigenvalue weighted by Crippen LogP contribution is 2.50. The van der Waals surface area contributed by atoms with Gasteiger partial charge in [0.15, 0.2) is 11.5 Å². The number of amides is 2. The molecule has 0 saturated carbocycles. The number of anilines is 2.